The van der Waals surface area contributed by atoms with Gasteiger partial charge in [-0.05, 0) is 41.6 Å². The Bertz CT molecular complexity index is 806. The highest BCUT2D eigenvalue weighted by atomic mass is 32.2. The van der Waals surface area contributed by atoms with Gasteiger partial charge in [0.2, 0.25) is 12.7 Å². The predicted octanol–water partition coefficient (Wildman–Crippen LogP) is 3.01. The zero-order valence-corrected chi connectivity index (χ0v) is 15.0. The van der Waals surface area contributed by atoms with E-state index in [0.717, 1.165) is 16.0 Å². The van der Waals surface area contributed by atoms with Gasteiger partial charge in [0.15, 0.2) is 11.5 Å². The lowest BCUT2D eigenvalue weighted by Gasteiger charge is -2.18. The molecule has 0 spiro atoms. The van der Waals surface area contributed by atoms with Crippen molar-refractivity contribution in [1.29, 1.82) is 0 Å². The SMILES string of the molecule is CSc1ccc(C(CC(=O)O)NC(=O)Cc2ccc3c(c2)OCO3)cc1. The quantitative estimate of drug-likeness (QED) is 0.726. The van der Waals surface area contributed by atoms with Gasteiger partial charge < -0.3 is 19.9 Å². The number of thioether (sulfide) groups is 1. The molecule has 0 aromatic heterocycles. The van der Waals surface area contributed by atoms with E-state index in [1.165, 1.54) is 0 Å². The van der Waals surface area contributed by atoms with Gasteiger partial charge >= 0.3 is 5.97 Å². The fourth-order valence-corrected chi connectivity index (χ4v) is 3.15. The van der Waals surface area contributed by atoms with Crippen LogP contribution in [0.2, 0.25) is 0 Å². The highest BCUT2D eigenvalue weighted by Gasteiger charge is 2.19. The van der Waals surface area contributed by atoms with Gasteiger partial charge in [-0.3, -0.25) is 9.59 Å². The van der Waals surface area contributed by atoms with E-state index < -0.39 is 12.0 Å². The molecule has 0 radical (unpaired) electrons. The first kappa shape index (κ1) is 18.1. The van der Waals surface area contributed by atoms with Gasteiger partial charge in [0.25, 0.3) is 0 Å². The second-order valence-electron chi connectivity index (χ2n) is 5.86. The van der Waals surface area contributed by atoms with E-state index >= 15 is 0 Å². The number of amides is 1. The Morgan fingerprint density at radius 1 is 1.15 bits per heavy atom. The molecule has 26 heavy (non-hydrogen) atoms. The molecule has 2 aromatic carbocycles. The van der Waals surface area contributed by atoms with Crippen LogP contribution in [0.5, 0.6) is 11.5 Å². The number of carbonyl (C=O) groups is 2. The van der Waals surface area contributed by atoms with Gasteiger partial charge in [0.1, 0.15) is 0 Å². The number of nitrogens with one attached hydrogen (secondary N) is 1. The smallest absolute Gasteiger partial charge is 0.305 e. The van der Waals surface area contributed by atoms with Crippen LogP contribution in [0.15, 0.2) is 47.4 Å². The van der Waals surface area contributed by atoms with Crippen molar-refractivity contribution in [3.63, 3.8) is 0 Å². The summed E-state index contributed by atoms with van der Waals surface area (Å²) >= 11 is 1.60. The van der Waals surface area contributed by atoms with Crippen molar-refractivity contribution >= 4 is 23.6 Å². The van der Waals surface area contributed by atoms with E-state index in [4.69, 9.17) is 14.6 Å². The van der Waals surface area contributed by atoms with Crippen molar-refractivity contribution in [1.82, 2.24) is 5.32 Å². The van der Waals surface area contributed by atoms with Gasteiger partial charge in [0, 0.05) is 4.90 Å². The van der Waals surface area contributed by atoms with E-state index in [-0.39, 0.29) is 25.5 Å². The predicted molar refractivity (Wildman–Crippen MR) is 97.6 cm³/mol. The molecule has 0 saturated carbocycles. The molecule has 1 aliphatic heterocycles. The molecule has 1 aliphatic rings. The molecule has 0 saturated heterocycles. The van der Waals surface area contributed by atoms with Crippen molar-refractivity contribution < 1.29 is 24.2 Å². The largest absolute Gasteiger partial charge is 0.481 e. The van der Waals surface area contributed by atoms with Crippen LogP contribution in [0.4, 0.5) is 0 Å². The van der Waals surface area contributed by atoms with Gasteiger partial charge in [-0.2, -0.15) is 0 Å². The third kappa shape index (κ3) is 4.49. The first-order valence-corrected chi connectivity index (χ1v) is 9.31. The molecule has 136 valence electrons. The normalized spacial score (nSPS) is 13.3. The number of benzene rings is 2. The molecule has 1 amide bonds. The summed E-state index contributed by atoms with van der Waals surface area (Å²) in [5, 5.41) is 12.0. The summed E-state index contributed by atoms with van der Waals surface area (Å²) in [5.41, 5.74) is 1.54. The molecule has 1 atom stereocenters. The summed E-state index contributed by atoms with van der Waals surface area (Å²) in [6, 6.07) is 12.3. The lowest BCUT2D eigenvalue weighted by molar-refractivity contribution is -0.137. The van der Waals surface area contributed by atoms with Gasteiger partial charge in [-0.15, -0.1) is 11.8 Å². The second-order valence-corrected chi connectivity index (χ2v) is 6.74. The number of carboxylic acids is 1. The van der Waals surface area contributed by atoms with Crippen molar-refractivity contribution in [2.24, 2.45) is 0 Å². The van der Waals surface area contributed by atoms with Crippen LogP contribution in [-0.4, -0.2) is 30.0 Å². The number of carboxylic acid groups (broad SMARTS) is 1. The lowest BCUT2D eigenvalue weighted by Crippen LogP contribution is -2.31. The standard InChI is InChI=1S/C19H19NO5S/c1-26-14-5-3-13(4-6-14)15(10-19(22)23)20-18(21)9-12-2-7-16-17(8-12)25-11-24-16/h2-8,15H,9-11H2,1H3,(H,20,21)(H,22,23). The average molecular weight is 373 g/mol. The van der Waals surface area contributed by atoms with Crippen LogP contribution in [0.3, 0.4) is 0 Å². The van der Waals surface area contributed by atoms with Crippen molar-refractivity contribution in [2.75, 3.05) is 13.0 Å². The second kappa shape index (κ2) is 8.14. The van der Waals surface area contributed by atoms with Crippen LogP contribution in [-0.2, 0) is 16.0 Å². The molecule has 7 heteroatoms. The first-order chi connectivity index (χ1) is 12.5. The van der Waals surface area contributed by atoms with E-state index in [1.54, 1.807) is 30.0 Å². The third-order valence-electron chi connectivity index (χ3n) is 4.03. The van der Waals surface area contributed by atoms with Crippen LogP contribution in [0.1, 0.15) is 23.6 Å². The fourth-order valence-electron chi connectivity index (χ4n) is 2.74. The van der Waals surface area contributed by atoms with Gasteiger partial charge in [-0.1, -0.05) is 18.2 Å². The molecule has 0 bridgehead atoms. The Morgan fingerprint density at radius 2 is 1.88 bits per heavy atom. The molecule has 2 N–H and O–H groups in total. The van der Waals surface area contributed by atoms with Crippen LogP contribution in [0, 0.1) is 0 Å². The van der Waals surface area contributed by atoms with Crippen LogP contribution in [0.25, 0.3) is 0 Å². The van der Waals surface area contributed by atoms with E-state index in [1.807, 2.05) is 30.5 Å². The maximum atomic E-state index is 12.4. The summed E-state index contributed by atoms with van der Waals surface area (Å²) in [5.74, 6) is 0.0632. The molecule has 1 unspecified atom stereocenters. The molecule has 2 aromatic rings. The molecule has 0 aliphatic carbocycles. The molecule has 0 fully saturated rings. The Morgan fingerprint density at radius 3 is 2.58 bits per heavy atom. The van der Waals surface area contributed by atoms with Crippen LogP contribution < -0.4 is 14.8 Å². The molecular weight excluding hydrogens is 354 g/mol. The molecule has 6 nitrogen and oxygen atoms in total. The summed E-state index contributed by atoms with van der Waals surface area (Å²) < 4.78 is 10.6. The highest BCUT2D eigenvalue weighted by Crippen LogP contribution is 2.32. The number of aliphatic carboxylic acids is 1. The number of hydrogen-bond acceptors (Lipinski definition) is 5. The topological polar surface area (TPSA) is 84.9 Å². The lowest BCUT2D eigenvalue weighted by atomic mass is 10.0. The number of rotatable bonds is 7. The van der Waals surface area contributed by atoms with E-state index in [0.29, 0.717) is 11.5 Å². The summed E-state index contributed by atoms with van der Waals surface area (Å²) in [6.45, 7) is 0.178. The molecule has 3 rings (SSSR count). The monoisotopic (exact) mass is 373 g/mol. The number of hydrogen-bond donors (Lipinski definition) is 2. The average Bonchev–Trinajstić information content (AvgIpc) is 3.08. The van der Waals surface area contributed by atoms with Gasteiger partial charge in [0.05, 0.1) is 18.9 Å². The van der Waals surface area contributed by atoms with Crippen LogP contribution >= 0.6 is 11.8 Å². The van der Waals surface area contributed by atoms with Crippen molar-refractivity contribution in [2.45, 2.75) is 23.8 Å². The number of ether oxygens (including phenoxy) is 2. The van der Waals surface area contributed by atoms with Crippen molar-refractivity contribution in [3.05, 3.63) is 53.6 Å². The summed E-state index contributed by atoms with van der Waals surface area (Å²) in [4.78, 5) is 24.7. The minimum absolute atomic E-state index is 0.135. The zero-order chi connectivity index (χ0) is 18.5. The van der Waals surface area contributed by atoms with Crippen molar-refractivity contribution in [3.8, 4) is 11.5 Å². The number of carbonyl (C=O) groups excluding carboxylic acids is 1. The third-order valence-corrected chi connectivity index (χ3v) is 4.78. The minimum Gasteiger partial charge on any atom is -0.481 e. The summed E-state index contributed by atoms with van der Waals surface area (Å²) in [6.07, 6.45) is 1.93. The highest BCUT2D eigenvalue weighted by molar-refractivity contribution is 7.98. The minimum atomic E-state index is -0.965. The van der Waals surface area contributed by atoms with E-state index in [9.17, 15) is 9.59 Å². The summed E-state index contributed by atoms with van der Waals surface area (Å²) in [7, 11) is 0. The fraction of sp³-hybridized carbons (Fsp3) is 0.263. The Labute approximate surface area is 155 Å². The van der Waals surface area contributed by atoms with E-state index in [2.05, 4.69) is 5.32 Å². The van der Waals surface area contributed by atoms with Gasteiger partial charge in [-0.25, -0.2) is 0 Å². The number of fused-ring (bicyclic) bond motifs is 1. The molecule has 1 heterocycles. The molecular formula is C19H19NO5S. The zero-order valence-electron chi connectivity index (χ0n) is 14.2. The first-order valence-electron chi connectivity index (χ1n) is 8.09. The maximum Gasteiger partial charge on any atom is 0.305 e. The Kier molecular flexibility index (Phi) is 5.68. The Balaban J connectivity index is 1.69. The maximum absolute atomic E-state index is 12.4. The Hall–Kier alpha value is -2.67.